The molecule has 4 rings (SSSR count). The molecule has 0 bridgehead atoms. The van der Waals surface area contributed by atoms with E-state index < -0.39 is 0 Å². The van der Waals surface area contributed by atoms with Crippen LogP contribution in [0.5, 0.6) is 17.2 Å². The Labute approximate surface area is 123 Å². The summed E-state index contributed by atoms with van der Waals surface area (Å²) < 4.78 is 5.33. The van der Waals surface area contributed by atoms with Gasteiger partial charge in [0.25, 0.3) is 0 Å². The molecule has 21 heavy (non-hydrogen) atoms. The van der Waals surface area contributed by atoms with E-state index in [1.165, 1.54) is 5.56 Å². The van der Waals surface area contributed by atoms with Crippen LogP contribution < -0.4 is 10.1 Å². The molecule has 0 radical (unpaired) electrons. The molecule has 0 spiro atoms. The molecule has 4 heteroatoms. The van der Waals surface area contributed by atoms with E-state index in [0.717, 1.165) is 41.6 Å². The molecule has 108 valence electrons. The fourth-order valence-electron chi connectivity index (χ4n) is 3.60. The second-order valence-electron chi connectivity index (χ2n) is 5.68. The molecule has 1 unspecified atom stereocenters. The molecule has 2 aliphatic rings. The van der Waals surface area contributed by atoms with Crippen LogP contribution in [0.3, 0.4) is 0 Å². The third-order valence-corrected chi connectivity index (χ3v) is 4.53. The van der Waals surface area contributed by atoms with Crippen LogP contribution in [0.1, 0.15) is 22.7 Å². The average molecular weight is 283 g/mol. The van der Waals surface area contributed by atoms with E-state index in [1.54, 1.807) is 19.2 Å². The van der Waals surface area contributed by atoms with Gasteiger partial charge in [-0.05, 0) is 59.8 Å². The number of hydrogen-bond acceptors (Lipinski definition) is 4. The van der Waals surface area contributed by atoms with Crippen LogP contribution in [0.2, 0.25) is 0 Å². The Bertz CT molecular complexity index is 739. The number of ether oxygens (including phenoxy) is 1. The zero-order chi connectivity index (χ0) is 14.6. The van der Waals surface area contributed by atoms with Crippen LogP contribution in [0, 0.1) is 0 Å². The predicted octanol–water partition coefficient (Wildman–Crippen LogP) is 2.52. The molecule has 0 saturated heterocycles. The second-order valence-corrected chi connectivity index (χ2v) is 5.68. The van der Waals surface area contributed by atoms with Gasteiger partial charge in [0.1, 0.15) is 5.75 Å². The number of fused-ring (bicyclic) bond motifs is 2. The van der Waals surface area contributed by atoms with Crippen LogP contribution in [0.15, 0.2) is 24.3 Å². The standard InChI is InChI=1S/C17H17NO3/c1-21-14-7-10-4-5-18-13-6-9-2-3-11(19)8-12(9)16(15(10)13)17(14)20/h2-3,7-8,13,18-20H,4-6H2,1H3. The second kappa shape index (κ2) is 4.40. The number of nitrogens with one attached hydrogen (secondary N) is 1. The summed E-state index contributed by atoms with van der Waals surface area (Å²) in [4.78, 5) is 0. The van der Waals surface area contributed by atoms with Gasteiger partial charge < -0.3 is 20.3 Å². The van der Waals surface area contributed by atoms with Crippen molar-refractivity contribution in [1.82, 2.24) is 5.32 Å². The summed E-state index contributed by atoms with van der Waals surface area (Å²) in [5.41, 5.74) is 5.21. The molecular weight excluding hydrogens is 266 g/mol. The van der Waals surface area contributed by atoms with Crippen LogP contribution in [0.4, 0.5) is 0 Å². The molecule has 2 aromatic rings. The lowest BCUT2D eigenvalue weighted by Crippen LogP contribution is -2.33. The van der Waals surface area contributed by atoms with Gasteiger partial charge in [-0.15, -0.1) is 0 Å². The molecule has 1 atom stereocenters. The van der Waals surface area contributed by atoms with Gasteiger partial charge in [0.05, 0.1) is 7.11 Å². The monoisotopic (exact) mass is 283 g/mol. The SMILES string of the molecule is COc1cc2c3c(c1O)-c1cc(O)ccc1CC3NCC2. The Morgan fingerprint density at radius 3 is 2.86 bits per heavy atom. The number of aromatic hydroxyl groups is 2. The van der Waals surface area contributed by atoms with Gasteiger partial charge in [-0.2, -0.15) is 0 Å². The van der Waals surface area contributed by atoms with E-state index in [2.05, 4.69) is 5.32 Å². The fourth-order valence-corrected chi connectivity index (χ4v) is 3.60. The van der Waals surface area contributed by atoms with Gasteiger partial charge in [-0.25, -0.2) is 0 Å². The lowest BCUT2D eigenvalue weighted by Gasteiger charge is -2.35. The molecule has 0 fully saturated rings. The van der Waals surface area contributed by atoms with E-state index in [-0.39, 0.29) is 17.5 Å². The third-order valence-electron chi connectivity index (χ3n) is 4.53. The van der Waals surface area contributed by atoms with Crippen molar-refractivity contribution in [3.63, 3.8) is 0 Å². The Kier molecular flexibility index (Phi) is 2.62. The van der Waals surface area contributed by atoms with Gasteiger partial charge in [0.2, 0.25) is 0 Å². The Hall–Kier alpha value is -2.20. The summed E-state index contributed by atoms with van der Waals surface area (Å²) in [6.07, 6.45) is 1.80. The number of rotatable bonds is 1. The van der Waals surface area contributed by atoms with E-state index >= 15 is 0 Å². The highest BCUT2D eigenvalue weighted by atomic mass is 16.5. The van der Waals surface area contributed by atoms with Gasteiger partial charge >= 0.3 is 0 Å². The first-order valence-electron chi connectivity index (χ1n) is 7.17. The van der Waals surface area contributed by atoms with E-state index in [1.807, 2.05) is 12.1 Å². The van der Waals surface area contributed by atoms with Crippen molar-refractivity contribution in [3.05, 3.63) is 41.0 Å². The van der Waals surface area contributed by atoms with E-state index in [0.29, 0.717) is 5.75 Å². The first kappa shape index (κ1) is 12.5. The minimum Gasteiger partial charge on any atom is -0.508 e. The first-order chi connectivity index (χ1) is 10.2. The summed E-state index contributed by atoms with van der Waals surface area (Å²) in [5.74, 6) is 0.879. The third kappa shape index (κ3) is 1.72. The molecule has 0 saturated carbocycles. The summed E-state index contributed by atoms with van der Waals surface area (Å²) in [5, 5.41) is 23.9. The molecule has 4 nitrogen and oxygen atoms in total. The van der Waals surface area contributed by atoms with Crippen molar-refractivity contribution in [2.75, 3.05) is 13.7 Å². The van der Waals surface area contributed by atoms with Crippen LogP contribution in [0.25, 0.3) is 11.1 Å². The lowest BCUT2D eigenvalue weighted by molar-refractivity contribution is 0.370. The molecule has 1 heterocycles. The van der Waals surface area contributed by atoms with Gasteiger partial charge in [-0.3, -0.25) is 0 Å². The highest BCUT2D eigenvalue weighted by molar-refractivity contribution is 5.83. The molecule has 2 aromatic carbocycles. The van der Waals surface area contributed by atoms with E-state index in [9.17, 15) is 10.2 Å². The number of methoxy groups -OCH3 is 1. The number of phenols is 2. The topological polar surface area (TPSA) is 61.7 Å². The minimum absolute atomic E-state index is 0.163. The maximum Gasteiger partial charge on any atom is 0.166 e. The summed E-state index contributed by atoms with van der Waals surface area (Å²) >= 11 is 0. The lowest BCUT2D eigenvalue weighted by atomic mass is 9.77. The first-order valence-corrected chi connectivity index (χ1v) is 7.17. The van der Waals surface area contributed by atoms with Gasteiger partial charge in [0.15, 0.2) is 11.5 Å². The van der Waals surface area contributed by atoms with Crippen molar-refractivity contribution in [2.24, 2.45) is 0 Å². The Morgan fingerprint density at radius 1 is 1.19 bits per heavy atom. The van der Waals surface area contributed by atoms with Crippen molar-refractivity contribution in [1.29, 1.82) is 0 Å². The van der Waals surface area contributed by atoms with Crippen LogP contribution >= 0.6 is 0 Å². The maximum absolute atomic E-state index is 10.6. The van der Waals surface area contributed by atoms with Crippen molar-refractivity contribution in [2.45, 2.75) is 18.9 Å². The molecule has 1 aliphatic carbocycles. The Morgan fingerprint density at radius 2 is 2.05 bits per heavy atom. The average Bonchev–Trinajstić information content (AvgIpc) is 2.49. The quantitative estimate of drug-likeness (QED) is 0.752. The molecule has 3 N–H and O–H groups in total. The molecule has 0 aromatic heterocycles. The summed E-state index contributed by atoms with van der Waals surface area (Å²) in [7, 11) is 1.57. The van der Waals surface area contributed by atoms with Gasteiger partial charge in [-0.1, -0.05) is 6.07 Å². The normalized spacial score (nSPS) is 18.8. The number of benzene rings is 2. The smallest absolute Gasteiger partial charge is 0.166 e. The predicted molar refractivity (Wildman–Crippen MR) is 79.9 cm³/mol. The van der Waals surface area contributed by atoms with Crippen molar-refractivity contribution >= 4 is 0 Å². The number of hydrogen-bond donors (Lipinski definition) is 3. The highest BCUT2D eigenvalue weighted by Gasteiger charge is 2.33. The molecular formula is C17H17NO3. The largest absolute Gasteiger partial charge is 0.508 e. The van der Waals surface area contributed by atoms with Crippen LogP contribution in [-0.4, -0.2) is 23.9 Å². The summed E-state index contributed by atoms with van der Waals surface area (Å²) in [6, 6.07) is 7.52. The van der Waals surface area contributed by atoms with Crippen LogP contribution in [-0.2, 0) is 12.8 Å². The molecule has 1 aliphatic heterocycles. The minimum atomic E-state index is 0.163. The highest BCUT2D eigenvalue weighted by Crippen LogP contribution is 2.50. The molecule has 0 amide bonds. The summed E-state index contributed by atoms with van der Waals surface area (Å²) in [6.45, 7) is 0.929. The number of phenolic OH excluding ortho intramolecular Hbond substituents is 2. The van der Waals surface area contributed by atoms with Gasteiger partial charge in [0, 0.05) is 11.6 Å². The van der Waals surface area contributed by atoms with Crippen molar-refractivity contribution in [3.8, 4) is 28.4 Å². The fraction of sp³-hybridized carbons (Fsp3) is 0.294. The maximum atomic E-state index is 10.6. The zero-order valence-corrected chi connectivity index (χ0v) is 11.8. The van der Waals surface area contributed by atoms with Crippen molar-refractivity contribution < 1.29 is 14.9 Å². The van der Waals surface area contributed by atoms with E-state index in [4.69, 9.17) is 4.74 Å². The Balaban J connectivity index is 2.08. The zero-order valence-electron chi connectivity index (χ0n) is 11.8.